The van der Waals surface area contributed by atoms with Crippen LogP contribution in [0.2, 0.25) is 0 Å². The Balaban J connectivity index is 2.24. The fraction of sp³-hybridized carbons (Fsp3) is 0.545. The molecule has 1 aliphatic heterocycles. The van der Waals surface area contributed by atoms with Crippen molar-refractivity contribution in [1.29, 1.82) is 0 Å². The third-order valence-corrected chi connectivity index (χ3v) is 4.31. The van der Waals surface area contributed by atoms with Gasteiger partial charge in [-0.2, -0.15) is 0 Å². The minimum atomic E-state index is 0.0212. The monoisotopic (exact) mass is 224 g/mol. The van der Waals surface area contributed by atoms with Crippen molar-refractivity contribution >= 4 is 17.2 Å². The van der Waals surface area contributed by atoms with Crippen molar-refractivity contribution in [2.45, 2.75) is 24.7 Å². The molecule has 4 heteroatoms. The molecule has 3 nitrogen and oxygen atoms in total. The highest BCUT2D eigenvalue weighted by molar-refractivity contribution is 7.10. The summed E-state index contributed by atoms with van der Waals surface area (Å²) in [6.07, 6.45) is 2.42. The first-order valence-electron chi connectivity index (χ1n) is 5.28. The van der Waals surface area contributed by atoms with E-state index in [1.807, 2.05) is 0 Å². The van der Waals surface area contributed by atoms with Crippen LogP contribution in [0.1, 0.15) is 24.1 Å². The van der Waals surface area contributed by atoms with Gasteiger partial charge in [0.25, 0.3) is 0 Å². The van der Waals surface area contributed by atoms with Gasteiger partial charge in [-0.25, -0.2) is 0 Å². The van der Waals surface area contributed by atoms with Gasteiger partial charge in [-0.1, -0.05) is 6.07 Å². The van der Waals surface area contributed by atoms with Gasteiger partial charge in [0.1, 0.15) is 0 Å². The van der Waals surface area contributed by atoms with Crippen molar-refractivity contribution < 1.29 is 4.79 Å². The van der Waals surface area contributed by atoms with E-state index in [4.69, 9.17) is 5.73 Å². The maximum atomic E-state index is 11.3. The average Bonchev–Trinajstić information content (AvgIpc) is 2.71. The summed E-state index contributed by atoms with van der Waals surface area (Å²) in [5, 5.41) is 4.98. The van der Waals surface area contributed by atoms with Crippen LogP contribution < -0.4 is 11.1 Å². The Morgan fingerprint density at radius 1 is 1.53 bits per heavy atom. The highest BCUT2D eigenvalue weighted by atomic mass is 32.1. The highest BCUT2D eigenvalue weighted by Gasteiger charge is 2.33. The Bertz CT molecular complexity index is 336. The molecule has 15 heavy (non-hydrogen) atoms. The first kappa shape index (κ1) is 10.6. The number of carbonyl (C=O) groups excluding carboxylic acids is 1. The van der Waals surface area contributed by atoms with Crippen LogP contribution in [0.4, 0.5) is 0 Å². The molecule has 1 unspecified atom stereocenters. The second kappa shape index (κ2) is 4.33. The third-order valence-electron chi connectivity index (χ3n) is 3.19. The molecule has 2 rings (SSSR count). The minimum absolute atomic E-state index is 0.0212. The number of hydrogen-bond acceptors (Lipinski definition) is 3. The quantitative estimate of drug-likeness (QED) is 0.794. The fourth-order valence-corrected chi connectivity index (χ4v) is 3.14. The van der Waals surface area contributed by atoms with Crippen LogP contribution in [0, 0.1) is 0 Å². The van der Waals surface area contributed by atoms with E-state index >= 15 is 0 Å². The lowest BCUT2D eigenvalue weighted by atomic mass is 9.79. The summed E-state index contributed by atoms with van der Waals surface area (Å²) < 4.78 is 0. The van der Waals surface area contributed by atoms with E-state index in [9.17, 15) is 4.79 Å². The van der Waals surface area contributed by atoms with Gasteiger partial charge in [0.2, 0.25) is 5.91 Å². The number of thiophene rings is 1. The van der Waals surface area contributed by atoms with Gasteiger partial charge in [0.05, 0.1) is 0 Å². The zero-order valence-corrected chi connectivity index (χ0v) is 9.48. The first-order valence-corrected chi connectivity index (χ1v) is 6.15. The van der Waals surface area contributed by atoms with Gasteiger partial charge in [-0.15, -0.1) is 11.3 Å². The van der Waals surface area contributed by atoms with Crippen molar-refractivity contribution in [3.05, 3.63) is 22.4 Å². The van der Waals surface area contributed by atoms with Crippen LogP contribution in [0.3, 0.4) is 0 Å². The molecule has 0 bridgehead atoms. The van der Waals surface area contributed by atoms with Gasteiger partial charge in [-0.3, -0.25) is 4.79 Å². The molecule has 0 aromatic carbocycles. The predicted molar refractivity (Wildman–Crippen MR) is 61.9 cm³/mol. The fourth-order valence-electron chi connectivity index (χ4n) is 2.14. The number of carbonyl (C=O) groups is 1. The Kier molecular flexibility index (Phi) is 3.07. The summed E-state index contributed by atoms with van der Waals surface area (Å²) in [6, 6.07) is 4.19. The van der Waals surface area contributed by atoms with Crippen LogP contribution in [-0.2, 0) is 10.2 Å². The smallest absolute Gasteiger partial charge is 0.220 e. The molecule has 3 N–H and O–H groups in total. The molecule has 0 aliphatic carbocycles. The van der Waals surface area contributed by atoms with Gasteiger partial charge in [0.15, 0.2) is 0 Å². The van der Waals surface area contributed by atoms with Crippen LogP contribution in [0.15, 0.2) is 17.5 Å². The van der Waals surface area contributed by atoms with Crippen LogP contribution in [0.5, 0.6) is 0 Å². The second-order valence-electron chi connectivity index (χ2n) is 4.06. The molecule has 1 atom stereocenters. The second-order valence-corrected chi connectivity index (χ2v) is 5.01. The van der Waals surface area contributed by atoms with Crippen LogP contribution >= 0.6 is 11.3 Å². The van der Waals surface area contributed by atoms with Crippen molar-refractivity contribution in [1.82, 2.24) is 5.32 Å². The number of nitrogens with one attached hydrogen (secondary N) is 1. The van der Waals surface area contributed by atoms with E-state index in [1.54, 1.807) is 11.3 Å². The number of hydrogen-bond donors (Lipinski definition) is 2. The largest absolute Gasteiger partial charge is 0.356 e. The summed E-state index contributed by atoms with van der Waals surface area (Å²) in [4.78, 5) is 12.6. The van der Waals surface area contributed by atoms with E-state index in [1.165, 1.54) is 4.88 Å². The summed E-state index contributed by atoms with van der Waals surface area (Å²) in [6.45, 7) is 1.37. The summed E-state index contributed by atoms with van der Waals surface area (Å²) in [7, 11) is 0. The molecule has 1 aliphatic rings. The summed E-state index contributed by atoms with van der Waals surface area (Å²) in [5.74, 6) is 0.155. The van der Waals surface area contributed by atoms with Gasteiger partial charge in [-0.05, 0) is 24.3 Å². The lowest BCUT2D eigenvalue weighted by molar-refractivity contribution is -0.120. The predicted octanol–water partition coefficient (Wildman–Crippen LogP) is 1.24. The molecular formula is C11H16N2OS. The van der Waals surface area contributed by atoms with Crippen LogP contribution in [-0.4, -0.2) is 19.0 Å². The molecule has 0 radical (unpaired) electrons. The van der Waals surface area contributed by atoms with E-state index < -0.39 is 0 Å². The standard InChI is InChI=1S/C11H16N2OS/c12-8-11(9-2-1-7-15-9)4-3-10(14)13-6-5-11/h1-2,7H,3-6,8,12H2,(H,13,14). The van der Waals surface area contributed by atoms with Crippen molar-refractivity contribution in [3.8, 4) is 0 Å². The SMILES string of the molecule is NCC1(c2cccs2)CCNC(=O)CC1. The Labute approximate surface area is 93.7 Å². The molecule has 82 valence electrons. The lowest BCUT2D eigenvalue weighted by Gasteiger charge is -2.29. The molecule has 2 heterocycles. The molecule has 1 amide bonds. The summed E-state index contributed by atoms with van der Waals surface area (Å²) >= 11 is 1.74. The normalized spacial score (nSPS) is 27.1. The molecule has 1 saturated heterocycles. The molecular weight excluding hydrogens is 208 g/mol. The topological polar surface area (TPSA) is 55.1 Å². The summed E-state index contributed by atoms with van der Waals surface area (Å²) in [5.41, 5.74) is 5.93. The highest BCUT2D eigenvalue weighted by Crippen LogP contribution is 2.36. The van der Waals surface area contributed by atoms with E-state index in [0.717, 1.165) is 19.4 Å². The molecule has 1 aromatic heterocycles. The average molecular weight is 224 g/mol. The van der Waals surface area contributed by atoms with Gasteiger partial charge in [0, 0.05) is 29.8 Å². The Morgan fingerprint density at radius 3 is 3.07 bits per heavy atom. The Morgan fingerprint density at radius 2 is 2.40 bits per heavy atom. The molecule has 1 aromatic rings. The van der Waals surface area contributed by atoms with Gasteiger partial charge >= 0.3 is 0 Å². The number of nitrogens with two attached hydrogens (primary N) is 1. The molecule has 1 fully saturated rings. The zero-order chi connectivity index (χ0) is 10.7. The zero-order valence-electron chi connectivity index (χ0n) is 8.66. The minimum Gasteiger partial charge on any atom is -0.356 e. The molecule has 0 saturated carbocycles. The van der Waals surface area contributed by atoms with Crippen molar-refractivity contribution in [2.75, 3.05) is 13.1 Å². The Hall–Kier alpha value is -0.870. The van der Waals surface area contributed by atoms with E-state index in [-0.39, 0.29) is 11.3 Å². The number of rotatable bonds is 2. The molecule has 0 spiro atoms. The first-order chi connectivity index (χ1) is 7.27. The van der Waals surface area contributed by atoms with Gasteiger partial charge < -0.3 is 11.1 Å². The van der Waals surface area contributed by atoms with Crippen LogP contribution in [0.25, 0.3) is 0 Å². The number of amides is 1. The lowest BCUT2D eigenvalue weighted by Crippen LogP contribution is -2.35. The van der Waals surface area contributed by atoms with Crippen molar-refractivity contribution in [3.63, 3.8) is 0 Å². The maximum Gasteiger partial charge on any atom is 0.220 e. The van der Waals surface area contributed by atoms with E-state index in [2.05, 4.69) is 22.8 Å². The van der Waals surface area contributed by atoms with Crippen molar-refractivity contribution in [2.24, 2.45) is 5.73 Å². The maximum absolute atomic E-state index is 11.3. The third kappa shape index (κ3) is 2.06. The van der Waals surface area contributed by atoms with E-state index in [0.29, 0.717) is 13.0 Å².